The number of ether oxygens (including phenoxy) is 3. The van der Waals surface area contributed by atoms with Crippen LogP contribution in [0.5, 0.6) is 0 Å². The second-order valence-electron chi connectivity index (χ2n) is 21.0. The lowest BCUT2D eigenvalue weighted by molar-refractivity contribution is -0.167. The van der Waals surface area contributed by atoms with E-state index in [1.807, 2.05) is 0 Å². The molecule has 0 radical (unpaired) electrons. The smallest absolute Gasteiger partial charge is 0.306 e. The van der Waals surface area contributed by atoms with E-state index in [9.17, 15) is 14.4 Å². The van der Waals surface area contributed by atoms with Crippen LogP contribution in [0.3, 0.4) is 0 Å². The fourth-order valence-corrected chi connectivity index (χ4v) is 8.96. The minimum absolute atomic E-state index is 0.0966. The first kappa shape index (κ1) is 70.6. The molecule has 0 aromatic heterocycles. The van der Waals surface area contributed by atoms with Gasteiger partial charge in [-0.25, -0.2) is 0 Å². The van der Waals surface area contributed by atoms with Crippen molar-refractivity contribution in [1.29, 1.82) is 0 Å². The molecule has 0 heterocycles. The van der Waals surface area contributed by atoms with E-state index >= 15 is 0 Å². The van der Waals surface area contributed by atoms with Gasteiger partial charge in [-0.15, -0.1) is 0 Å². The van der Waals surface area contributed by atoms with Crippen LogP contribution in [-0.2, 0) is 28.6 Å². The number of hydrogen-bond donors (Lipinski definition) is 0. The van der Waals surface area contributed by atoms with Gasteiger partial charge in [0.05, 0.1) is 0 Å². The van der Waals surface area contributed by atoms with Crippen molar-refractivity contribution in [3.05, 3.63) is 85.1 Å². The lowest BCUT2D eigenvalue weighted by Crippen LogP contribution is -2.30. The van der Waals surface area contributed by atoms with E-state index in [-0.39, 0.29) is 37.5 Å². The van der Waals surface area contributed by atoms with Gasteiger partial charge >= 0.3 is 17.9 Å². The molecule has 0 saturated heterocycles. The number of hydrogen-bond acceptors (Lipinski definition) is 6. The second-order valence-corrected chi connectivity index (χ2v) is 21.0. The van der Waals surface area contributed by atoms with Crippen molar-refractivity contribution >= 4 is 17.9 Å². The zero-order chi connectivity index (χ0) is 53.6. The molecule has 0 amide bonds. The molecule has 0 saturated carbocycles. The first-order valence-electron chi connectivity index (χ1n) is 31.6. The fraction of sp³-hybridized carbons (Fsp3) is 0.750. The Hall–Kier alpha value is -3.41. The number of carbonyl (C=O) groups excluding carboxylic acids is 3. The third-order valence-electron chi connectivity index (χ3n) is 13.7. The van der Waals surface area contributed by atoms with Gasteiger partial charge in [0.1, 0.15) is 13.2 Å². The van der Waals surface area contributed by atoms with Crippen molar-refractivity contribution in [2.75, 3.05) is 13.2 Å². The molecule has 1 atom stereocenters. The molecule has 6 heteroatoms. The summed E-state index contributed by atoms with van der Waals surface area (Å²) >= 11 is 0. The minimum Gasteiger partial charge on any atom is -0.462 e. The van der Waals surface area contributed by atoms with Crippen molar-refractivity contribution < 1.29 is 28.6 Å². The molecule has 0 aromatic carbocycles. The normalized spacial score (nSPS) is 12.6. The summed E-state index contributed by atoms with van der Waals surface area (Å²) in [5.41, 5.74) is 0. The Kier molecular flexibility index (Phi) is 59.3. The number of unbranched alkanes of at least 4 members (excludes halogenated alkanes) is 32. The van der Waals surface area contributed by atoms with E-state index < -0.39 is 6.10 Å². The Morgan fingerprint density at radius 3 is 0.811 bits per heavy atom. The summed E-state index contributed by atoms with van der Waals surface area (Å²) in [6, 6.07) is 0. The molecule has 0 bridgehead atoms. The molecule has 0 rings (SSSR count). The monoisotopic (exact) mass is 1030 g/mol. The van der Waals surface area contributed by atoms with Crippen molar-refractivity contribution in [2.45, 2.75) is 316 Å². The van der Waals surface area contributed by atoms with Crippen molar-refractivity contribution in [3.8, 4) is 0 Å². The zero-order valence-corrected chi connectivity index (χ0v) is 48.8. The Morgan fingerprint density at radius 2 is 0.527 bits per heavy atom. The van der Waals surface area contributed by atoms with Crippen LogP contribution in [0, 0.1) is 0 Å². The predicted octanol–water partition coefficient (Wildman–Crippen LogP) is 21.5. The lowest BCUT2D eigenvalue weighted by atomic mass is 10.0. The molecule has 0 spiro atoms. The summed E-state index contributed by atoms with van der Waals surface area (Å²) in [6.45, 7) is 6.47. The van der Waals surface area contributed by atoms with E-state index in [4.69, 9.17) is 14.2 Å². The summed E-state index contributed by atoms with van der Waals surface area (Å²) in [6.07, 6.45) is 82.0. The Labute approximate surface area is 458 Å². The molecule has 74 heavy (non-hydrogen) atoms. The molecule has 0 fully saturated rings. The van der Waals surface area contributed by atoms with Crippen LogP contribution in [0.15, 0.2) is 85.1 Å². The highest BCUT2D eigenvalue weighted by Crippen LogP contribution is 2.17. The first-order chi connectivity index (χ1) is 36.5. The number of rotatable bonds is 57. The molecule has 6 nitrogen and oxygen atoms in total. The van der Waals surface area contributed by atoms with Crippen molar-refractivity contribution in [1.82, 2.24) is 0 Å². The quantitative estimate of drug-likeness (QED) is 0.0261. The molecule has 0 aliphatic carbocycles. The van der Waals surface area contributed by atoms with Gasteiger partial charge in [0.15, 0.2) is 6.10 Å². The van der Waals surface area contributed by atoms with E-state index in [1.54, 1.807) is 0 Å². The van der Waals surface area contributed by atoms with Crippen LogP contribution in [0.25, 0.3) is 0 Å². The zero-order valence-electron chi connectivity index (χ0n) is 48.8. The van der Waals surface area contributed by atoms with Gasteiger partial charge in [0, 0.05) is 19.3 Å². The summed E-state index contributed by atoms with van der Waals surface area (Å²) in [7, 11) is 0. The summed E-state index contributed by atoms with van der Waals surface area (Å²) < 4.78 is 16.8. The summed E-state index contributed by atoms with van der Waals surface area (Å²) in [5, 5.41) is 0. The SMILES string of the molecule is CC/C=C\C/C=C\C/C=C\C/C=C\C/C=C\C/C=C\C/C=C\CCCC(=O)OC(COC(=O)CCCCCCCCC)COC(=O)CCCCCCCCCCCCCCCCCCCCCCCCCCCC. The van der Waals surface area contributed by atoms with E-state index in [1.165, 1.54) is 173 Å². The Balaban J connectivity index is 4.20. The topological polar surface area (TPSA) is 78.9 Å². The molecule has 426 valence electrons. The van der Waals surface area contributed by atoms with Crippen LogP contribution in [0.1, 0.15) is 310 Å². The van der Waals surface area contributed by atoms with Crippen LogP contribution in [0.2, 0.25) is 0 Å². The van der Waals surface area contributed by atoms with Crippen LogP contribution in [0.4, 0.5) is 0 Å². The van der Waals surface area contributed by atoms with Crippen LogP contribution < -0.4 is 0 Å². The number of carbonyl (C=O) groups is 3. The molecular formula is C68H118O6. The highest BCUT2D eigenvalue weighted by Gasteiger charge is 2.19. The van der Waals surface area contributed by atoms with Crippen molar-refractivity contribution in [3.63, 3.8) is 0 Å². The Morgan fingerprint density at radius 1 is 0.284 bits per heavy atom. The average molecular weight is 1030 g/mol. The molecule has 0 aliphatic heterocycles. The summed E-state index contributed by atoms with van der Waals surface area (Å²) in [4.78, 5) is 38.0. The van der Waals surface area contributed by atoms with Gasteiger partial charge in [-0.2, -0.15) is 0 Å². The van der Waals surface area contributed by atoms with Crippen LogP contribution in [-0.4, -0.2) is 37.2 Å². The summed E-state index contributed by atoms with van der Waals surface area (Å²) in [5.74, 6) is -0.953. The third kappa shape index (κ3) is 59.5. The first-order valence-corrected chi connectivity index (χ1v) is 31.6. The fourth-order valence-electron chi connectivity index (χ4n) is 8.96. The molecule has 0 aromatic rings. The van der Waals surface area contributed by atoms with Gasteiger partial charge in [-0.1, -0.05) is 305 Å². The largest absolute Gasteiger partial charge is 0.462 e. The van der Waals surface area contributed by atoms with E-state index in [0.29, 0.717) is 19.3 Å². The maximum atomic E-state index is 12.8. The van der Waals surface area contributed by atoms with Crippen LogP contribution >= 0.6 is 0 Å². The van der Waals surface area contributed by atoms with Crippen molar-refractivity contribution in [2.24, 2.45) is 0 Å². The molecular weight excluding hydrogens is 913 g/mol. The Bertz CT molecular complexity index is 1420. The van der Waals surface area contributed by atoms with Gasteiger partial charge < -0.3 is 14.2 Å². The van der Waals surface area contributed by atoms with E-state index in [0.717, 1.165) is 89.9 Å². The maximum absolute atomic E-state index is 12.8. The lowest BCUT2D eigenvalue weighted by Gasteiger charge is -2.18. The predicted molar refractivity (Wildman–Crippen MR) is 321 cm³/mol. The molecule has 0 aliphatic rings. The van der Waals surface area contributed by atoms with E-state index in [2.05, 4.69) is 106 Å². The minimum atomic E-state index is -0.804. The number of esters is 3. The van der Waals surface area contributed by atoms with Gasteiger partial charge in [-0.05, 0) is 70.6 Å². The highest BCUT2D eigenvalue weighted by molar-refractivity contribution is 5.71. The van der Waals surface area contributed by atoms with Gasteiger partial charge in [-0.3, -0.25) is 14.4 Å². The average Bonchev–Trinajstić information content (AvgIpc) is 3.40. The second kappa shape index (κ2) is 62.1. The third-order valence-corrected chi connectivity index (χ3v) is 13.7. The molecule has 0 N–H and O–H groups in total. The maximum Gasteiger partial charge on any atom is 0.306 e. The standard InChI is InChI=1S/C68H118O6/c1-4-7-10-13-16-18-20-22-24-26-28-30-32-33-34-36-37-39-41-43-45-47-49-52-55-58-61-67(70)73-64-65(63-72-66(69)60-57-54-51-15-12-9-6-3)74-68(71)62-59-56-53-50-48-46-44-42-40-38-35-31-29-27-25-23-21-19-17-14-11-8-5-2/h8,11,17,19,23,25,29,31,38,40,44,46,50,53,65H,4-7,9-10,12-16,18,20-22,24,26-28,30,32-37,39,41-43,45,47-49,51-52,54-64H2,1-3H3/b11-8-,19-17-,25-23-,31-29-,40-38-,46-44-,53-50-. The number of allylic oxidation sites excluding steroid dienone is 14. The van der Waals surface area contributed by atoms with Gasteiger partial charge in [0.25, 0.3) is 0 Å². The highest BCUT2D eigenvalue weighted by atomic mass is 16.6. The van der Waals surface area contributed by atoms with Gasteiger partial charge in [0.2, 0.25) is 0 Å². The molecule has 1 unspecified atom stereocenters.